The lowest BCUT2D eigenvalue weighted by molar-refractivity contribution is 0.215. The zero-order valence-corrected chi connectivity index (χ0v) is 14.3. The Morgan fingerprint density at radius 2 is 1.92 bits per heavy atom. The van der Waals surface area contributed by atoms with E-state index in [9.17, 15) is 4.39 Å². The second-order valence-electron chi connectivity index (χ2n) is 5.96. The van der Waals surface area contributed by atoms with E-state index in [-0.39, 0.29) is 11.9 Å². The van der Waals surface area contributed by atoms with Gasteiger partial charge in [0.05, 0.1) is 12.3 Å². The van der Waals surface area contributed by atoms with Crippen molar-refractivity contribution in [1.29, 1.82) is 0 Å². The van der Waals surface area contributed by atoms with Crippen molar-refractivity contribution in [3.63, 3.8) is 0 Å². The number of nitrogens with one attached hydrogen (secondary N) is 2. The van der Waals surface area contributed by atoms with Gasteiger partial charge in [-0.1, -0.05) is 12.1 Å². The van der Waals surface area contributed by atoms with Crippen LogP contribution in [0.25, 0.3) is 0 Å². The summed E-state index contributed by atoms with van der Waals surface area (Å²) in [7, 11) is 0. The lowest BCUT2D eigenvalue weighted by atomic mass is 10.2. The molecule has 0 bridgehead atoms. The van der Waals surface area contributed by atoms with Gasteiger partial charge < -0.3 is 15.1 Å². The highest BCUT2D eigenvalue weighted by Crippen LogP contribution is 2.24. The second kappa shape index (κ2) is 8.26. The van der Waals surface area contributed by atoms with Gasteiger partial charge in [-0.3, -0.25) is 4.90 Å². The summed E-state index contributed by atoms with van der Waals surface area (Å²) < 4.78 is 18.5. The van der Waals surface area contributed by atoms with E-state index in [2.05, 4.69) is 15.5 Å². The van der Waals surface area contributed by atoms with Gasteiger partial charge >= 0.3 is 0 Å². The summed E-state index contributed by atoms with van der Waals surface area (Å²) in [6, 6.07) is 10.5. The van der Waals surface area contributed by atoms with Crippen LogP contribution in [0.15, 0.2) is 47.1 Å². The van der Waals surface area contributed by atoms with Crippen LogP contribution in [0.3, 0.4) is 0 Å². The average molecular weight is 347 g/mol. The van der Waals surface area contributed by atoms with Crippen molar-refractivity contribution in [2.45, 2.75) is 25.4 Å². The van der Waals surface area contributed by atoms with Gasteiger partial charge in [0.15, 0.2) is 5.11 Å². The van der Waals surface area contributed by atoms with E-state index < -0.39 is 0 Å². The van der Waals surface area contributed by atoms with Gasteiger partial charge in [-0.2, -0.15) is 0 Å². The van der Waals surface area contributed by atoms with Crippen LogP contribution in [0, 0.1) is 5.82 Å². The Hall–Kier alpha value is -1.92. The standard InChI is InChI=1S/C18H22FN3OS/c19-15-7-5-14(6-8-15)12-20-18(24)21-13-16(17-4-3-11-23-17)22-9-1-2-10-22/h3-8,11,16H,1-2,9-10,12-13H2,(H2,20,21,24). The molecule has 1 saturated heterocycles. The molecule has 0 amide bonds. The topological polar surface area (TPSA) is 40.4 Å². The van der Waals surface area contributed by atoms with Gasteiger partial charge in [0.1, 0.15) is 11.6 Å². The lowest BCUT2D eigenvalue weighted by Crippen LogP contribution is -2.41. The van der Waals surface area contributed by atoms with E-state index in [0.717, 1.165) is 24.4 Å². The summed E-state index contributed by atoms with van der Waals surface area (Å²) in [6.45, 7) is 3.44. The Morgan fingerprint density at radius 1 is 1.17 bits per heavy atom. The van der Waals surface area contributed by atoms with E-state index in [4.69, 9.17) is 16.6 Å². The van der Waals surface area contributed by atoms with Crippen LogP contribution >= 0.6 is 12.2 Å². The first-order valence-electron chi connectivity index (χ1n) is 8.26. The van der Waals surface area contributed by atoms with Gasteiger partial charge in [0, 0.05) is 13.1 Å². The van der Waals surface area contributed by atoms with Crippen molar-refractivity contribution in [3.8, 4) is 0 Å². The molecule has 2 aromatic rings. The molecule has 2 N–H and O–H groups in total. The predicted molar refractivity (Wildman–Crippen MR) is 96.1 cm³/mol. The van der Waals surface area contributed by atoms with Crippen molar-refractivity contribution >= 4 is 17.3 Å². The minimum Gasteiger partial charge on any atom is -0.468 e. The SMILES string of the molecule is Fc1ccc(CNC(=S)NCC(c2ccco2)N2CCCC2)cc1. The summed E-state index contributed by atoms with van der Waals surface area (Å²) >= 11 is 5.36. The number of rotatable bonds is 6. The molecule has 1 aliphatic rings. The second-order valence-corrected chi connectivity index (χ2v) is 6.37. The maximum absolute atomic E-state index is 12.9. The van der Waals surface area contributed by atoms with E-state index in [1.165, 1.54) is 25.0 Å². The molecule has 6 heteroatoms. The number of hydrogen-bond donors (Lipinski definition) is 2. The third-order valence-electron chi connectivity index (χ3n) is 4.28. The molecule has 0 saturated carbocycles. The Morgan fingerprint density at radius 3 is 2.58 bits per heavy atom. The molecule has 1 atom stereocenters. The molecule has 2 heterocycles. The maximum atomic E-state index is 12.9. The fourth-order valence-electron chi connectivity index (χ4n) is 2.98. The van der Waals surface area contributed by atoms with Crippen LogP contribution in [0.5, 0.6) is 0 Å². The molecule has 4 nitrogen and oxygen atoms in total. The minimum absolute atomic E-state index is 0.188. The summed E-state index contributed by atoms with van der Waals surface area (Å²) in [5.41, 5.74) is 0.989. The molecule has 0 radical (unpaired) electrons. The highest BCUT2D eigenvalue weighted by molar-refractivity contribution is 7.80. The number of halogens is 1. The first-order valence-corrected chi connectivity index (χ1v) is 8.67. The van der Waals surface area contributed by atoms with Crippen molar-refractivity contribution in [3.05, 3.63) is 59.8 Å². The Balaban J connectivity index is 1.50. The Bertz CT molecular complexity index is 639. The number of benzene rings is 1. The molecule has 1 aromatic carbocycles. The summed E-state index contributed by atoms with van der Waals surface area (Å²) in [6.07, 6.45) is 4.17. The zero-order chi connectivity index (χ0) is 16.8. The fraction of sp³-hybridized carbons (Fsp3) is 0.389. The molecular formula is C18H22FN3OS. The molecule has 3 rings (SSSR count). The van der Waals surface area contributed by atoms with Gasteiger partial charge in [-0.05, 0) is 68.0 Å². The average Bonchev–Trinajstić information content (AvgIpc) is 3.29. The molecule has 1 fully saturated rings. The van der Waals surface area contributed by atoms with Crippen molar-refractivity contribution < 1.29 is 8.81 Å². The van der Waals surface area contributed by atoms with Crippen molar-refractivity contribution in [2.24, 2.45) is 0 Å². The number of nitrogens with zero attached hydrogens (tertiary/aromatic N) is 1. The van der Waals surface area contributed by atoms with E-state index in [0.29, 0.717) is 18.2 Å². The number of hydrogen-bond acceptors (Lipinski definition) is 3. The molecule has 1 aliphatic heterocycles. The van der Waals surface area contributed by atoms with Crippen LogP contribution in [0.2, 0.25) is 0 Å². The summed E-state index contributed by atoms with van der Waals surface area (Å²) in [4.78, 5) is 2.43. The van der Waals surface area contributed by atoms with Gasteiger partial charge in [-0.25, -0.2) is 4.39 Å². The Labute approximate surface area is 147 Å². The largest absolute Gasteiger partial charge is 0.468 e. The van der Waals surface area contributed by atoms with Crippen LogP contribution in [-0.4, -0.2) is 29.6 Å². The van der Waals surface area contributed by atoms with Gasteiger partial charge in [0.25, 0.3) is 0 Å². The molecule has 0 aliphatic carbocycles. The molecule has 24 heavy (non-hydrogen) atoms. The molecular weight excluding hydrogens is 325 g/mol. The molecule has 1 aromatic heterocycles. The third-order valence-corrected chi connectivity index (χ3v) is 4.56. The monoisotopic (exact) mass is 347 g/mol. The van der Waals surface area contributed by atoms with E-state index in [1.807, 2.05) is 12.1 Å². The van der Waals surface area contributed by atoms with Crippen molar-refractivity contribution in [1.82, 2.24) is 15.5 Å². The first-order chi connectivity index (χ1) is 11.7. The van der Waals surface area contributed by atoms with Crippen LogP contribution in [0.4, 0.5) is 4.39 Å². The van der Waals surface area contributed by atoms with Gasteiger partial charge in [0.2, 0.25) is 0 Å². The smallest absolute Gasteiger partial charge is 0.166 e. The fourth-order valence-corrected chi connectivity index (χ4v) is 3.14. The Kier molecular flexibility index (Phi) is 5.82. The first kappa shape index (κ1) is 16.9. The summed E-state index contributed by atoms with van der Waals surface area (Å²) in [5.74, 6) is 0.733. The molecule has 0 spiro atoms. The normalized spacial score (nSPS) is 16.0. The van der Waals surface area contributed by atoms with Crippen LogP contribution < -0.4 is 10.6 Å². The summed E-state index contributed by atoms with van der Waals surface area (Å²) in [5, 5.41) is 7.03. The molecule has 1 unspecified atom stereocenters. The van der Waals surface area contributed by atoms with Gasteiger partial charge in [-0.15, -0.1) is 0 Å². The maximum Gasteiger partial charge on any atom is 0.166 e. The lowest BCUT2D eigenvalue weighted by Gasteiger charge is -2.26. The van der Waals surface area contributed by atoms with E-state index in [1.54, 1.807) is 18.4 Å². The van der Waals surface area contributed by atoms with Crippen LogP contribution in [-0.2, 0) is 6.54 Å². The minimum atomic E-state index is -0.230. The van der Waals surface area contributed by atoms with E-state index >= 15 is 0 Å². The van der Waals surface area contributed by atoms with Crippen molar-refractivity contribution in [2.75, 3.05) is 19.6 Å². The van der Waals surface area contributed by atoms with Crippen LogP contribution in [0.1, 0.15) is 30.2 Å². The number of likely N-dealkylation sites (tertiary alicyclic amines) is 1. The number of thiocarbonyl (C=S) groups is 1. The quantitative estimate of drug-likeness (QED) is 0.785. The predicted octanol–water partition coefficient (Wildman–Crippen LogP) is 3.22. The number of furan rings is 1. The third kappa shape index (κ3) is 4.55. The highest BCUT2D eigenvalue weighted by Gasteiger charge is 2.25. The highest BCUT2D eigenvalue weighted by atomic mass is 32.1. The zero-order valence-electron chi connectivity index (χ0n) is 13.5. The molecule has 128 valence electrons.